The Morgan fingerprint density at radius 2 is 1.81 bits per heavy atom. The highest BCUT2D eigenvalue weighted by molar-refractivity contribution is 6.11. The van der Waals surface area contributed by atoms with Crippen molar-refractivity contribution in [2.24, 2.45) is 0 Å². The monoisotopic (exact) mass is 411 g/mol. The van der Waals surface area contributed by atoms with Crippen molar-refractivity contribution in [1.82, 2.24) is 4.98 Å². The second-order valence-corrected chi connectivity index (χ2v) is 7.56. The topological polar surface area (TPSA) is 83.2 Å². The third-order valence-electron chi connectivity index (χ3n) is 5.47. The Morgan fingerprint density at radius 3 is 2.65 bits per heavy atom. The van der Waals surface area contributed by atoms with E-state index in [1.807, 2.05) is 60.7 Å². The lowest BCUT2D eigenvalue weighted by Crippen LogP contribution is -2.34. The number of rotatable bonds is 5. The number of nitrogens with one attached hydrogen (secondary N) is 3. The van der Waals surface area contributed by atoms with Gasteiger partial charge in [-0.25, -0.2) is 0 Å². The number of H-pyrrole nitrogens is 1. The number of hydrogen-bond acceptors (Lipinski definition) is 4. The van der Waals surface area contributed by atoms with E-state index in [2.05, 4.69) is 15.6 Å². The third kappa shape index (κ3) is 3.53. The number of hydrogen-bond donors (Lipinski definition) is 3. The first-order chi connectivity index (χ1) is 15.1. The zero-order chi connectivity index (χ0) is 21.4. The molecule has 0 fully saturated rings. The Balaban J connectivity index is 1.51. The van der Waals surface area contributed by atoms with Gasteiger partial charge in [-0.3, -0.25) is 9.59 Å². The summed E-state index contributed by atoms with van der Waals surface area (Å²) in [6.07, 6.45) is 1.22. The lowest BCUT2D eigenvalue weighted by molar-refractivity contribution is -0.122. The highest BCUT2D eigenvalue weighted by atomic mass is 16.5. The van der Waals surface area contributed by atoms with Gasteiger partial charge in [0.15, 0.2) is 11.9 Å². The van der Waals surface area contributed by atoms with E-state index in [4.69, 9.17) is 4.74 Å². The van der Waals surface area contributed by atoms with Crippen molar-refractivity contribution in [3.63, 3.8) is 0 Å². The number of aromatic nitrogens is 1. The molecule has 6 nitrogen and oxygen atoms in total. The standard InChI is InChI=1S/C25H21N3O3/c1-15-25(30)28-21-13-17(11-12-22(21)31-15)27-23(16-7-3-2-4-8-16)24(29)19-14-26-20-10-6-5-9-18(19)20/h2-15,23,26-27H,1H3,(H,28,30)/t15-,23+/m0/s1. The van der Waals surface area contributed by atoms with Gasteiger partial charge in [-0.05, 0) is 36.8 Å². The normalized spacial score (nSPS) is 16.2. The van der Waals surface area contributed by atoms with Crippen LogP contribution in [0.1, 0.15) is 28.9 Å². The summed E-state index contributed by atoms with van der Waals surface area (Å²) >= 11 is 0. The first kappa shape index (κ1) is 18.9. The Kier molecular flexibility index (Phi) is 4.67. The Labute approximate surface area is 179 Å². The van der Waals surface area contributed by atoms with Crippen LogP contribution in [0.25, 0.3) is 10.9 Å². The molecule has 2 atom stereocenters. The maximum absolute atomic E-state index is 13.6. The molecule has 0 saturated heterocycles. The summed E-state index contributed by atoms with van der Waals surface area (Å²) in [4.78, 5) is 28.8. The van der Waals surface area contributed by atoms with E-state index < -0.39 is 12.1 Å². The molecule has 0 spiro atoms. The van der Waals surface area contributed by atoms with Gasteiger partial charge in [0.05, 0.1) is 5.69 Å². The molecule has 3 N–H and O–H groups in total. The van der Waals surface area contributed by atoms with E-state index in [1.165, 1.54) is 0 Å². The van der Waals surface area contributed by atoms with E-state index >= 15 is 0 Å². The number of para-hydroxylation sites is 1. The number of aromatic amines is 1. The first-order valence-electron chi connectivity index (χ1n) is 10.1. The molecule has 1 aliphatic rings. The molecule has 1 aromatic heterocycles. The minimum atomic E-state index is -0.599. The molecule has 0 bridgehead atoms. The molecular weight excluding hydrogens is 390 g/mol. The zero-order valence-electron chi connectivity index (χ0n) is 16.9. The number of Topliss-reactive ketones (excluding diaryl/α,β-unsaturated/α-hetero) is 1. The van der Waals surface area contributed by atoms with E-state index in [-0.39, 0.29) is 11.7 Å². The Morgan fingerprint density at radius 1 is 1.03 bits per heavy atom. The average molecular weight is 411 g/mol. The summed E-state index contributed by atoms with van der Waals surface area (Å²) in [5.41, 5.74) is 3.68. The summed E-state index contributed by atoms with van der Waals surface area (Å²) in [5.74, 6) is 0.367. The highest BCUT2D eigenvalue weighted by Gasteiger charge is 2.26. The van der Waals surface area contributed by atoms with Crippen LogP contribution < -0.4 is 15.4 Å². The van der Waals surface area contributed by atoms with E-state index in [0.29, 0.717) is 22.7 Å². The highest BCUT2D eigenvalue weighted by Crippen LogP contribution is 2.34. The van der Waals surface area contributed by atoms with Crippen molar-refractivity contribution in [3.05, 3.63) is 90.1 Å². The minimum Gasteiger partial charge on any atom is -0.479 e. The SMILES string of the molecule is C[C@@H]1Oc2ccc(N[C@@H](C(=O)c3c[nH]c4ccccc34)c3ccccc3)cc2NC1=O. The smallest absolute Gasteiger partial charge is 0.265 e. The number of fused-ring (bicyclic) bond motifs is 2. The summed E-state index contributed by atoms with van der Waals surface area (Å²) in [5, 5.41) is 7.09. The summed E-state index contributed by atoms with van der Waals surface area (Å²) in [6, 6.07) is 22.2. The van der Waals surface area contributed by atoms with Gasteiger partial charge in [0, 0.05) is 28.4 Å². The number of ketones is 1. The van der Waals surface area contributed by atoms with Gasteiger partial charge >= 0.3 is 0 Å². The van der Waals surface area contributed by atoms with Crippen molar-refractivity contribution in [2.75, 3.05) is 10.6 Å². The molecule has 31 heavy (non-hydrogen) atoms. The summed E-state index contributed by atoms with van der Waals surface area (Å²) in [6.45, 7) is 1.70. The summed E-state index contributed by atoms with van der Waals surface area (Å²) in [7, 11) is 0. The van der Waals surface area contributed by atoms with Crippen LogP contribution in [0, 0.1) is 0 Å². The Bertz CT molecular complexity index is 1280. The fourth-order valence-corrected chi connectivity index (χ4v) is 3.84. The van der Waals surface area contributed by atoms with Crippen LogP contribution in [0.15, 0.2) is 79.0 Å². The number of ether oxygens (including phenoxy) is 1. The third-order valence-corrected chi connectivity index (χ3v) is 5.47. The number of carbonyl (C=O) groups excluding carboxylic acids is 2. The van der Waals surface area contributed by atoms with Gasteiger partial charge in [-0.2, -0.15) is 0 Å². The lowest BCUT2D eigenvalue weighted by atomic mass is 9.96. The first-order valence-corrected chi connectivity index (χ1v) is 10.1. The molecule has 6 heteroatoms. The van der Waals surface area contributed by atoms with Crippen LogP contribution in [-0.4, -0.2) is 22.8 Å². The van der Waals surface area contributed by atoms with Gasteiger partial charge in [-0.1, -0.05) is 48.5 Å². The average Bonchev–Trinajstić information content (AvgIpc) is 3.23. The molecular formula is C25H21N3O3. The maximum atomic E-state index is 13.6. The van der Waals surface area contributed by atoms with Crippen molar-refractivity contribution < 1.29 is 14.3 Å². The molecule has 4 aromatic rings. The van der Waals surface area contributed by atoms with Gasteiger partial charge in [0.2, 0.25) is 0 Å². The van der Waals surface area contributed by atoms with Crippen molar-refractivity contribution >= 4 is 34.0 Å². The molecule has 0 saturated carbocycles. The van der Waals surface area contributed by atoms with Crippen LogP contribution in [0.5, 0.6) is 5.75 Å². The molecule has 1 amide bonds. The van der Waals surface area contributed by atoms with Gasteiger partial charge in [0.25, 0.3) is 5.91 Å². The van der Waals surface area contributed by atoms with E-state index in [1.54, 1.807) is 25.3 Å². The summed E-state index contributed by atoms with van der Waals surface area (Å²) < 4.78 is 5.63. The van der Waals surface area contributed by atoms with Crippen LogP contribution in [0.4, 0.5) is 11.4 Å². The largest absolute Gasteiger partial charge is 0.479 e. The van der Waals surface area contributed by atoms with Crippen LogP contribution in [-0.2, 0) is 4.79 Å². The lowest BCUT2D eigenvalue weighted by Gasteiger charge is -2.25. The second kappa shape index (κ2) is 7.65. The van der Waals surface area contributed by atoms with Gasteiger partial charge in [0.1, 0.15) is 11.8 Å². The number of amides is 1. The number of anilines is 2. The van der Waals surface area contributed by atoms with Gasteiger partial charge < -0.3 is 20.4 Å². The molecule has 2 heterocycles. The van der Waals surface area contributed by atoms with E-state index in [9.17, 15) is 9.59 Å². The van der Waals surface area contributed by atoms with Crippen LogP contribution in [0.3, 0.4) is 0 Å². The molecule has 0 unspecified atom stereocenters. The quantitative estimate of drug-likeness (QED) is 0.407. The second-order valence-electron chi connectivity index (χ2n) is 7.56. The predicted octanol–water partition coefficient (Wildman–Crippen LogP) is 4.92. The molecule has 1 aliphatic heterocycles. The number of carbonyl (C=O) groups is 2. The van der Waals surface area contributed by atoms with Crippen molar-refractivity contribution in [1.29, 1.82) is 0 Å². The van der Waals surface area contributed by atoms with Crippen LogP contribution >= 0.6 is 0 Å². The van der Waals surface area contributed by atoms with Crippen LogP contribution in [0.2, 0.25) is 0 Å². The van der Waals surface area contributed by atoms with Crippen molar-refractivity contribution in [3.8, 4) is 5.75 Å². The molecule has 0 aliphatic carbocycles. The fraction of sp³-hybridized carbons (Fsp3) is 0.120. The molecule has 0 radical (unpaired) electrons. The molecule has 5 rings (SSSR count). The molecule has 154 valence electrons. The molecule has 3 aromatic carbocycles. The fourth-order valence-electron chi connectivity index (χ4n) is 3.84. The zero-order valence-corrected chi connectivity index (χ0v) is 16.9. The Hall–Kier alpha value is -4.06. The predicted molar refractivity (Wildman–Crippen MR) is 121 cm³/mol. The maximum Gasteiger partial charge on any atom is 0.265 e. The van der Waals surface area contributed by atoms with Gasteiger partial charge in [-0.15, -0.1) is 0 Å². The van der Waals surface area contributed by atoms with E-state index in [0.717, 1.165) is 16.5 Å². The minimum absolute atomic E-state index is 0.0460. The number of benzene rings is 3. The van der Waals surface area contributed by atoms with Crippen molar-refractivity contribution in [2.45, 2.75) is 19.1 Å².